The van der Waals surface area contributed by atoms with Gasteiger partial charge in [0.2, 0.25) is 0 Å². The molecule has 0 saturated carbocycles. The fourth-order valence-electron chi connectivity index (χ4n) is 2.35. The molecule has 0 bridgehead atoms. The molecule has 0 radical (unpaired) electrons. The Balaban J connectivity index is 2.98. The zero-order valence-corrected chi connectivity index (χ0v) is 13.9. The van der Waals surface area contributed by atoms with Crippen LogP contribution in [-0.4, -0.2) is 45.5 Å². The Morgan fingerprint density at radius 1 is 1.15 bits per heavy atom. The van der Waals surface area contributed by atoms with Crippen molar-refractivity contribution in [3.05, 3.63) is 34.4 Å². The van der Waals surface area contributed by atoms with Crippen molar-refractivity contribution in [1.82, 2.24) is 4.90 Å². The van der Waals surface area contributed by atoms with Crippen LogP contribution in [0.4, 0.5) is 0 Å². The summed E-state index contributed by atoms with van der Waals surface area (Å²) < 4.78 is 22.6. The normalized spacial score (nSPS) is 13.8. The van der Waals surface area contributed by atoms with Gasteiger partial charge in [0.15, 0.2) is 0 Å². The topological polar surface area (TPSA) is 63.4 Å². The van der Waals surface area contributed by atoms with Gasteiger partial charge in [-0.05, 0) is 50.1 Å². The SMILES string of the molecule is Cc1cc(C)c(C(CN)N(C)CCS(C)(=O)=O)cc1C. The summed E-state index contributed by atoms with van der Waals surface area (Å²) in [4.78, 5) is 2.03. The van der Waals surface area contributed by atoms with E-state index in [0.717, 1.165) is 0 Å². The van der Waals surface area contributed by atoms with E-state index in [1.807, 2.05) is 11.9 Å². The maximum Gasteiger partial charge on any atom is 0.148 e. The van der Waals surface area contributed by atoms with Gasteiger partial charge in [0.05, 0.1) is 5.75 Å². The largest absolute Gasteiger partial charge is 0.329 e. The lowest BCUT2D eigenvalue weighted by Gasteiger charge is -2.29. The molecule has 0 aromatic heterocycles. The Labute approximate surface area is 122 Å². The minimum Gasteiger partial charge on any atom is -0.329 e. The summed E-state index contributed by atoms with van der Waals surface area (Å²) in [7, 11) is -1.02. The fourth-order valence-corrected chi connectivity index (χ4v) is 2.97. The summed E-state index contributed by atoms with van der Waals surface area (Å²) in [5.41, 5.74) is 10.8. The van der Waals surface area contributed by atoms with Gasteiger partial charge < -0.3 is 5.73 Å². The maximum absolute atomic E-state index is 11.3. The molecule has 1 atom stereocenters. The summed E-state index contributed by atoms with van der Waals surface area (Å²) in [6.07, 6.45) is 1.26. The van der Waals surface area contributed by atoms with Crippen molar-refractivity contribution >= 4 is 9.84 Å². The third-order valence-corrected chi connectivity index (χ3v) is 4.74. The number of hydrogen-bond donors (Lipinski definition) is 1. The number of benzene rings is 1. The highest BCUT2D eigenvalue weighted by Gasteiger charge is 2.19. The molecule has 0 heterocycles. The van der Waals surface area contributed by atoms with Crippen molar-refractivity contribution in [2.75, 3.05) is 32.1 Å². The van der Waals surface area contributed by atoms with Gasteiger partial charge in [-0.15, -0.1) is 0 Å². The Morgan fingerprint density at radius 3 is 2.20 bits per heavy atom. The van der Waals surface area contributed by atoms with Crippen LogP contribution in [0.2, 0.25) is 0 Å². The van der Waals surface area contributed by atoms with Crippen LogP contribution < -0.4 is 5.73 Å². The zero-order chi connectivity index (χ0) is 15.5. The zero-order valence-electron chi connectivity index (χ0n) is 13.1. The number of nitrogens with two attached hydrogens (primary N) is 1. The van der Waals surface area contributed by atoms with Gasteiger partial charge in [-0.3, -0.25) is 4.90 Å². The molecule has 1 aromatic rings. The lowest BCUT2D eigenvalue weighted by atomic mass is 9.95. The highest BCUT2D eigenvalue weighted by molar-refractivity contribution is 7.90. The second kappa shape index (κ2) is 6.70. The molecule has 0 aliphatic carbocycles. The molecule has 0 saturated heterocycles. The monoisotopic (exact) mass is 298 g/mol. The van der Waals surface area contributed by atoms with Crippen LogP contribution in [0.5, 0.6) is 0 Å². The number of rotatable bonds is 6. The van der Waals surface area contributed by atoms with E-state index in [2.05, 4.69) is 32.9 Å². The standard InChI is InChI=1S/C15H26N2O2S/c1-11-8-13(3)14(9-12(11)2)15(10-16)17(4)6-7-20(5,18)19/h8-9,15H,6-7,10,16H2,1-5H3. The molecule has 2 N–H and O–H groups in total. The molecule has 1 rings (SSSR count). The van der Waals surface area contributed by atoms with E-state index >= 15 is 0 Å². The van der Waals surface area contributed by atoms with E-state index < -0.39 is 9.84 Å². The molecule has 114 valence electrons. The third kappa shape index (κ3) is 4.58. The van der Waals surface area contributed by atoms with E-state index in [1.165, 1.54) is 28.5 Å². The van der Waals surface area contributed by atoms with Crippen molar-refractivity contribution < 1.29 is 8.42 Å². The molecule has 0 aliphatic heterocycles. The Kier molecular flexibility index (Phi) is 5.74. The van der Waals surface area contributed by atoms with Crippen molar-refractivity contribution in [3.8, 4) is 0 Å². The van der Waals surface area contributed by atoms with E-state index in [0.29, 0.717) is 13.1 Å². The highest BCUT2D eigenvalue weighted by atomic mass is 32.2. The lowest BCUT2D eigenvalue weighted by Crippen LogP contribution is -2.34. The van der Waals surface area contributed by atoms with Crippen molar-refractivity contribution in [1.29, 1.82) is 0 Å². The second-order valence-corrected chi connectivity index (χ2v) is 7.91. The van der Waals surface area contributed by atoms with Crippen LogP contribution in [0.15, 0.2) is 12.1 Å². The predicted octanol–water partition coefficient (Wildman–Crippen LogP) is 1.59. The van der Waals surface area contributed by atoms with Gasteiger partial charge in [0, 0.05) is 25.4 Å². The average Bonchev–Trinajstić information content (AvgIpc) is 2.33. The maximum atomic E-state index is 11.3. The number of aryl methyl sites for hydroxylation is 3. The van der Waals surface area contributed by atoms with Gasteiger partial charge in [-0.2, -0.15) is 0 Å². The fraction of sp³-hybridized carbons (Fsp3) is 0.600. The number of sulfone groups is 1. The molecule has 0 amide bonds. The van der Waals surface area contributed by atoms with Crippen molar-refractivity contribution in [3.63, 3.8) is 0 Å². The first-order valence-electron chi connectivity index (χ1n) is 6.81. The van der Waals surface area contributed by atoms with Crippen LogP contribution >= 0.6 is 0 Å². The number of nitrogens with zero attached hydrogens (tertiary/aromatic N) is 1. The first-order chi connectivity index (χ1) is 9.15. The first-order valence-corrected chi connectivity index (χ1v) is 8.87. The highest BCUT2D eigenvalue weighted by Crippen LogP contribution is 2.25. The molecule has 1 aromatic carbocycles. The van der Waals surface area contributed by atoms with Crippen LogP contribution in [0.25, 0.3) is 0 Å². The minimum atomic E-state index is -2.95. The first kappa shape index (κ1) is 17.1. The van der Waals surface area contributed by atoms with E-state index in [1.54, 1.807) is 0 Å². The summed E-state index contributed by atoms with van der Waals surface area (Å²) in [6.45, 7) is 7.23. The summed E-state index contributed by atoms with van der Waals surface area (Å²) in [5.74, 6) is 0.157. The molecular weight excluding hydrogens is 272 g/mol. The average molecular weight is 298 g/mol. The van der Waals surface area contributed by atoms with Gasteiger partial charge >= 0.3 is 0 Å². The second-order valence-electron chi connectivity index (χ2n) is 5.66. The van der Waals surface area contributed by atoms with Crippen molar-refractivity contribution in [2.45, 2.75) is 26.8 Å². The van der Waals surface area contributed by atoms with Crippen LogP contribution in [0.1, 0.15) is 28.3 Å². The van der Waals surface area contributed by atoms with E-state index in [9.17, 15) is 8.42 Å². The molecule has 0 fully saturated rings. The Bertz CT molecular complexity index is 567. The summed E-state index contributed by atoms with van der Waals surface area (Å²) >= 11 is 0. The molecule has 5 heteroatoms. The third-order valence-electron chi connectivity index (χ3n) is 3.81. The number of hydrogen-bond acceptors (Lipinski definition) is 4. The quantitative estimate of drug-likeness (QED) is 0.866. The Morgan fingerprint density at radius 2 is 1.70 bits per heavy atom. The van der Waals surface area contributed by atoms with Gasteiger partial charge in [0.25, 0.3) is 0 Å². The van der Waals surface area contributed by atoms with Crippen molar-refractivity contribution in [2.24, 2.45) is 5.73 Å². The molecule has 0 aliphatic rings. The molecule has 1 unspecified atom stereocenters. The van der Waals surface area contributed by atoms with Gasteiger partial charge in [0.1, 0.15) is 9.84 Å². The molecule has 4 nitrogen and oxygen atoms in total. The van der Waals surface area contributed by atoms with Crippen LogP contribution in [0.3, 0.4) is 0 Å². The number of likely N-dealkylation sites (N-methyl/N-ethyl adjacent to an activating group) is 1. The summed E-state index contributed by atoms with van der Waals surface area (Å²) in [5, 5.41) is 0. The minimum absolute atomic E-state index is 0.0519. The van der Waals surface area contributed by atoms with E-state index in [-0.39, 0.29) is 11.8 Å². The van der Waals surface area contributed by atoms with Crippen LogP contribution in [-0.2, 0) is 9.84 Å². The molecule has 20 heavy (non-hydrogen) atoms. The lowest BCUT2D eigenvalue weighted by molar-refractivity contribution is 0.263. The van der Waals surface area contributed by atoms with Crippen LogP contribution in [0, 0.1) is 20.8 Å². The predicted molar refractivity (Wildman–Crippen MR) is 84.8 cm³/mol. The van der Waals surface area contributed by atoms with Gasteiger partial charge in [-0.25, -0.2) is 8.42 Å². The summed E-state index contributed by atoms with van der Waals surface area (Å²) in [6, 6.07) is 4.38. The smallest absolute Gasteiger partial charge is 0.148 e. The molecular formula is C15H26N2O2S. The molecule has 0 spiro atoms. The van der Waals surface area contributed by atoms with Gasteiger partial charge in [-0.1, -0.05) is 12.1 Å². The van der Waals surface area contributed by atoms with E-state index in [4.69, 9.17) is 5.73 Å². The Hall–Kier alpha value is -0.910.